The van der Waals surface area contributed by atoms with E-state index >= 15 is 0 Å². The Kier molecular flexibility index (Phi) is 2.69. The SMILES string of the molecule is C=C1CC[C@@H](c2ccccc2)[C@H](O)C1. The lowest BCUT2D eigenvalue weighted by molar-refractivity contribution is 0.125. The molecule has 1 aromatic carbocycles. The summed E-state index contributed by atoms with van der Waals surface area (Å²) in [4.78, 5) is 0. The van der Waals surface area contributed by atoms with Crippen molar-refractivity contribution >= 4 is 0 Å². The van der Waals surface area contributed by atoms with Crippen LogP contribution in [0, 0.1) is 0 Å². The zero-order chi connectivity index (χ0) is 9.97. The third kappa shape index (κ3) is 1.88. The Bertz CT molecular complexity index is 315. The van der Waals surface area contributed by atoms with E-state index in [1.54, 1.807) is 0 Å². The van der Waals surface area contributed by atoms with Gasteiger partial charge in [-0.05, 0) is 24.8 Å². The lowest BCUT2D eigenvalue weighted by Gasteiger charge is -2.29. The predicted molar refractivity (Wildman–Crippen MR) is 58.2 cm³/mol. The average Bonchev–Trinajstić information content (AvgIpc) is 2.19. The van der Waals surface area contributed by atoms with Gasteiger partial charge in [-0.3, -0.25) is 0 Å². The van der Waals surface area contributed by atoms with Crippen LogP contribution in [-0.2, 0) is 0 Å². The summed E-state index contributed by atoms with van der Waals surface area (Å²) in [6, 6.07) is 10.3. The van der Waals surface area contributed by atoms with Gasteiger partial charge in [0.15, 0.2) is 0 Å². The van der Waals surface area contributed by atoms with Crippen LogP contribution in [0.3, 0.4) is 0 Å². The molecule has 1 aliphatic rings. The second-order valence-corrected chi connectivity index (χ2v) is 4.08. The Morgan fingerprint density at radius 2 is 1.93 bits per heavy atom. The van der Waals surface area contributed by atoms with Crippen molar-refractivity contribution in [1.82, 2.24) is 0 Å². The van der Waals surface area contributed by atoms with Crippen LogP contribution in [0.5, 0.6) is 0 Å². The zero-order valence-electron chi connectivity index (χ0n) is 8.32. The zero-order valence-corrected chi connectivity index (χ0v) is 8.32. The van der Waals surface area contributed by atoms with Gasteiger partial charge >= 0.3 is 0 Å². The highest BCUT2D eigenvalue weighted by atomic mass is 16.3. The molecule has 1 heteroatoms. The fourth-order valence-electron chi connectivity index (χ4n) is 2.18. The van der Waals surface area contributed by atoms with Crippen LogP contribution in [0.4, 0.5) is 0 Å². The molecule has 1 N–H and O–H groups in total. The van der Waals surface area contributed by atoms with Crippen molar-refractivity contribution in [3.8, 4) is 0 Å². The Morgan fingerprint density at radius 3 is 2.57 bits per heavy atom. The van der Waals surface area contributed by atoms with Gasteiger partial charge in [0.25, 0.3) is 0 Å². The molecule has 0 bridgehead atoms. The monoisotopic (exact) mass is 188 g/mol. The molecule has 1 aliphatic carbocycles. The third-order valence-electron chi connectivity index (χ3n) is 3.00. The quantitative estimate of drug-likeness (QED) is 0.672. The molecular formula is C13H16O. The largest absolute Gasteiger partial charge is 0.392 e. The van der Waals surface area contributed by atoms with E-state index in [2.05, 4.69) is 18.7 Å². The van der Waals surface area contributed by atoms with Crippen molar-refractivity contribution in [3.63, 3.8) is 0 Å². The predicted octanol–water partition coefficient (Wildman–Crippen LogP) is 2.87. The normalized spacial score (nSPS) is 27.6. The highest BCUT2D eigenvalue weighted by molar-refractivity contribution is 5.23. The van der Waals surface area contributed by atoms with Crippen molar-refractivity contribution in [2.45, 2.75) is 31.3 Å². The standard InChI is InChI=1S/C13H16O/c1-10-7-8-12(13(14)9-10)11-5-3-2-4-6-11/h2-6,12-14H,1,7-9H2/t12-,13+/m0/s1. The van der Waals surface area contributed by atoms with Crippen LogP contribution < -0.4 is 0 Å². The molecular weight excluding hydrogens is 172 g/mol. The number of aliphatic hydroxyl groups is 1. The Morgan fingerprint density at radius 1 is 1.21 bits per heavy atom. The maximum absolute atomic E-state index is 9.93. The van der Waals surface area contributed by atoms with Gasteiger partial charge in [-0.15, -0.1) is 0 Å². The van der Waals surface area contributed by atoms with Gasteiger partial charge in [-0.25, -0.2) is 0 Å². The maximum atomic E-state index is 9.93. The summed E-state index contributed by atoms with van der Waals surface area (Å²) in [5, 5.41) is 9.93. The van der Waals surface area contributed by atoms with Crippen LogP contribution in [-0.4, -0.2) is 11.2 Å². The van der Waals surface area contributed by atoms with E-state index < -0.39 is 0 Å². The summed E-state index contributed by atoms with van der Waals surface area (Å²) in [5.41, 5.74) is 2.44. The van der Waals surface area contributed by atoms with Crippen molar-refractivity contribution in [2.24, 2.45) is 0 Å². The summed E-state index contributed by atoms with van der Waals surface area (Å²) >= 11 is 0. The van der Waals surface area contributed by atoms with Crippen LogP contribution in [0.15, 0.2) is 42.5 Å². The minimum atomic E-state index is -0.237. The van der Waals surface area contributed by atoms with Crippen LogP contribution in [0.25, 0.3) is 0 Å². The molecule has 1 fully saturated rings. The van der Waals surface area contributed by atoms with E-state index in [9.17, 15) is 5.11 Å². The second kappa shape index (κ2) is 3.97. The molecule has 0 unspecified atom stereocenters. The van der Waals surface area contributed by atoms with Gasteiger partial charge in [0.2, 0.25) is 0 Å². The Labute approximate surface area is 85.1 Å². The van der Waals surface area contributed by atoms with Gasteiger partial charge < -0.3 is 5.11 Å². The second-order valence-electron chi connectivity index (χ2n) is 4.08. The summed E-state index contributed by atoms with van der Waals surface area (Å²) in [7, 11) is 0. The number of hydrogen-bond acceptors (Lipinski definition) is 1. The van der Waals surface area contributed by atoms with Crippen molar-refractivity contribution in [2.75, 3.05) is 0 Å². The molecule has 0 saturated heterocycles. The van der Waals surface area contributed by atoms with E-state index in [4.69, 9.17) is 0 Å². The first kappa shape index (κ1) is 9.47. The number of rotatable bonds is 1. The fourth-order valence-corrected chi connectivity index (χ4v) is 2.18. The summed E-state index contributed by atoms with van der Waals surface area (Å²) in [6.45, 7) is 3.93. The molecule has 2 rings (SSSR count). The first-order chi connectivity index (χ1) is 6.77. The van der Waals surface area contributed by atoms with Crippen LogP contribution in [0.1, 0.15) is 30.7 Å². The molecule has 0 radical (unpaired) electrons. The molecule has 0 aliphatic heterocycles. The van der Waals surface area contributed by atoms with Gasteiger partial charge in [0.05, 0.1) is 6.10 Å². The molecule has 0 heterocycles. The molecule has 2 atom stereocenters. The van der Waals surface area contributed by atoms with E-state index in [0.29, 0.717) is 5.92 Å². The maximum Gasteiger partial charge on any atom is 0.0645 e. The first-order valence-electron chi connectivity index (χ1n) is 5.17. The average molecular weight is 188 g/mol. The molecule has 74 valence electrons. The minimum absolute atomic E-state index is 0.237. The third-order valence-corrected chi connectivity index (χ3v) is 3.00. The molecule has 0 amide bonds. The Hall–Kier alpha value is -1.08. The molecule has 1 aromatic rings. The topological polar surface area (TPSA) is 20.2 Å². The van der Waals surface area contributed by atoms with Gasteiger partial charge in [0, 0.05) is 5.92 Å². The number of aliphatic hydroxyl groups excluding tert-OH is 1. The highest BCUT2D eigenvalue weighted by Crippen LogP contribution is 2.34. The van der Waals surface area contributed by atoms with Crippen molar-refractivity contribution in [1.29, 1.82) is 0 Å². The first-order valence-corrected chi connectivity index (χ1v) is 5.17. The highest BCUT2D eigenvalue weighted by Gasteiger charge is 2.25. The lowest BCUT2D eigenvalue weighted by Crippen LogP contribution is -2.23. The fraction of sp³-hybridized carbons (Fsp3) is 0.385. The van der Waals surface area contributed by atoms with Crippen molar-refractivity contribution < 1.29 is 5.11 Å². The number of hydrogen-bond donors (Lipinski definition) is 1. The summed E-state index contributed by atoms with van der Waals surface area (Å²) < 4.78 is 0. The van der Waals surface area contributed by atoms with E-state index in [1.165, 1.54) is 11.1 Å². The summed E-state index contributed by atoms with van der Waals surface area (Å²) in [5.74, 6) is 0.307. The van der Waals surface area contributed by atoms with Crippen LogP contribution >= 0.6 is 0 Å². The smallest absolute Gasteiger partial charge is 0.0645 e. The number of benzene rings is 1. The summed E-state index contributed by atoms with van der Waals surface area (Å²) in [6.07, 6.45) is 2.61. The molecule has 0 aromatic heterocycles. The molecule has 1 nitrogen and oxygen atoms in total. The van der Waals surface area contributed by atoms with E-state index in [1.807, 2.05) is 18.2 Å². The van der Waals surface area contributed by atoms with Crippen molar-refractivity contribution in [3.05, 3.63) is 48.0 Å². The van der Waals surface area contributed by atoms with Crippen LogP contribution in [0.2, 0.25) is 0 Å². The minimum Gasteiger partial charge on any atom is -0.392 e. The lowest BCUT2D eigenvalue weighted by atomic mass is 9.80. The molecule has 0 spiro atoms. The molecule has 1 saturated carbocycles. The van der Waals surface area contributed by atoms with Gasteiger partial charge in [0.1, 0.15) is 0 Å². The van der Waals surface area contributed by atoms with E-state index in [0.717, 1.165) is 19.3 Å². The van der Waals surface area contributed by atoms with Gasteiger partial charge in [-0.2, -0.15) is 0 Å². The Balaban J connectivity index is 2.16. The van der Waals surface area contributed by atoms with Gasteiger partial charge in [-0.1, -0.05) is 42.5 Å². The van der Waals surface area contributed by atoms with E-state index in [-0.39, 0.29) is 6.10 Å². The molecule has 14 heavy (non-hydrogen) atoms.